The Bertz CT molecular complexity index is 157. The number of ether oxygens (including phenoxy) is 2. The van der Waals surface area contributed by atoms with Crippen LogP contribution in [0.2, 0.25) is 0 Å². The Morgan fingerprint density at radius 2 is 2.17 bits per heavy atom. The summed E-state index contributed by atoms with van der Waals surface area (Å²) >= 11 is 0. The van der Waals surface area contributed by atoms with E-state index < -0.39 is 0 Å². The van der Waals surface area contributed by atoms with Crippen LogP contribution in [0.3, 0.4) is 0 Å². The molecule has 0 saturated carbocycles. The fraction of sp³-hybridized carbons (Fsp3) is 0.889. The molecule has 0 radical (unpaired) electrons. The molecular formula is C9H16O3. The number of esters is 1. The van der Waals surface area contributed by atoms with Gasteiger partial charge in [-0.3, -0.25) is 4.79 Å². The van der Waals surface area contributed by atoms with Crippen molar-refractivity contribution in [3.63, 3.8) is 0 Å². The predicted octanol–water partition coefficient (Wildman–Crippen LogP) is 1.22. The minimum Gasteiger partial charge on any atom is -0.469 e. The molecule has 1 saturated heterocycles. The summed E-state index contributed by atoms with van der Waals surface area (Å²) in [5.41, 5.74) is 0. The van der Waals surface area contributed by atoms with E-state index in [1.54, 1.807) is 0 Å². The first kappa shape index (κ1) is 9.52. The van der Waals surface area contributed by atoms with Crippen molar-refractivity contribution < 1.29 is 14.3 Å². The molecule has 0 unspecified atom stereocenters. The summed E-state index contributed by atoms with van der Waals surface area (Å²) in [5.74, 6) is 0.152. The van der Waals surface area contributed by atoms with E-state index in [1.807, 2.05) is 6.92 Å². The van der Waals surface area contributed by atoms with Gasteiger partial charge in [-0.2, -0.15) is 0 Å². The van der Waals surface area contributed by atoms with Crippen molar-refractivity contribution >= 4 is 5.97 Å². The van der Waals surface area contributed by atoms with Gasteiger partial charge < -0.3 is 9.47 Å². The highest BCUT2D eigenvalue weighted by atomic mass is 16.5. The van der Waals surface area contributed by atoms with E-state index in [0.717, 1.165) is 13.0 Å². The van der Waals surface area contributed by atoms with Gasteiger partial charge in [0.25, 0.3) is 0 Å². The maximum absolute atomic E-state index is 11.3. The van der Waals surface area contributed by atoms with Gasteiger partial charge in [0.2, 0.25) is 0 Å². The summed E-state index contributed by atoms with van der Waals surface area (Å²) in [6.45, 7) is 4.76. The molecule has 0 aromatic heterocycles. The molecule has 0 aromatic rings. The van der Waals surface area contributed by atoms with Gasteiger partial charge >= 0.3 is 5.97 Å². The first-order chi connectivity index (χ1) is 5.66. The van der Waals surface area contributed by atoms with Gasteiger partial charge in [-0.25, -0.2) is 0 Å². The first-order valence-corrected chi connectivity index (χ1v) is 4.36. The average Bonchev–Trinajstić information content (AvgIpc) is 2.03. The molecule has 0 spiro atoms. The van der Waals surface area contributed by atoms with Gasteiger partial charge in [-0.1, -0.05) is 6.92 Å². The molecule has 3 heteroatoms. The third-order valence-electron chi connectivity index (χ3n) is 2.55. The number of methoxy groups -OCH3 is 1. The van der Waals surface area contributed by atoms with Crippen LogP contribution in [0.15, 0.2) is 0 Å². The second-order valence-electron chi connectivity index (χ2n) is 3.39. The van der Waals surface area contributed by atoms with Crippen LogP contribution in [0.5, 0.6) is 0 Å². The quantitative estimate of drug-likeness (QED) is 0.558. The topological polar surface area (TPSA) is 35.5 Å². The van der Waals surface area contributed by atoms with E-state index >= 15 is 0 Å². The lowest BCUT2D eigenvalue weighted by atomic mass is 9.85. The Labute approximate surface area is 73.0 Å². The van der Waals surface area contributed by atoms with Crippen LogP contribution in [0.4, 0.5) is 0 Å². The molecule has 0 aliphatic carbocycles. The van der Waals surface area contributed by atoms with E-state index in [2.05, 4.69) is 6.92 Å². The summed E-state index contributed by atoms with van der Waals surface area (Å²) in [4.78, 5) is 11.3. The Morgan fingerprint density at radius 3 is 2.67 bits per heavy atom. The summed E-state index contributed by atoms with van der Waals surface area (Å²) in [6, 6.07) is 0. The molecule has 3 nitrogen and oxygen atoms in total. The predicted molar refractivity (Wildman–Crippen MR) is 44.7 cm³/mol. The number of hydrogen-bond donors (Lipinski definition) is 0. The van der Waals surface area contributed by atoms with Crippen LogP contribution in [0.25, 0.3) is 0 Å². The summed E-state index contributed by atoms with van der Waals surface area (Å²) < 4.78 is 10.1. The van der Waals surface area contributed by atoms with Crippen molar-refractivity contribution in [3.05, 3.63) is 0 Å². The first-order valence-electron chi connectivity index (χ1n) is 4.36. The molecule has 0 N–H and O–H groups in total. The van der Waals surface area contributed by atoms with Gasteiger partial charge in [0.1, 0.15) is 0 Å². The highest BCUT2D eigenvalue weighted by molar-refractivity contribution is 5.73. The van der Waals surface area contributed by atoms with Gasteiger partial charge in [0.15, 0.2) is 0 Å². The normalized spacial score (nSPS) is 36.1. The number of carbonyl (C=O) groups is 1. The third kappa shape index (κ3) is 1.78. The lowest BCUT2D eigenvalue weighted by Crippen LogP contribution is -2.39. The largest absolute Gasteiger partial charge is 0.469 e. The van der Waals surface area contributed by atoms with E-state index in [0.29, 0.717) is 5.92 Å². The van der Waals surface area contributed by atoms with Crippen LogP contribution in [-0.4, -0.2) is 25.8 Å². The standard InChI is InChI=1S/C9H16O3/c1-6-4-5-12-7(2)8(6)9(10)11-3/h6-8H,4-5H2,1-3H3/t6-,7-,8+/m1/s1. The van der Waals surface area contributed by atoms with E-state index in [9.17, 15) is 4.79 Å². The van der Waals surface area contributed by atoms with E-state index in [-0.39, 0.29) is 18.0 Å². The molecule has 1 rings (SSSR count). The zero-order chi connectivity index (χ0) is 9.14. The molecule has 1 heterocycles. The SMILES string of the molecule is COC(=O)[C@H]1[C@H](C)CCO[C@@H]1C. The van der Waals surface area contributed by atoms with Gasteiger partial charge in [-0.15, -0.1) is 0 Å². The number of hydrogen-bond acceptors (Lipinski definition) is 3. The zero-order valence-electron chi connectivity index (χ0n) is 7.87. The molecule has 70 valence electrons. The molecule has 1 aliphatic heterocycles. The average molecular weight is 172 g/mol. The highest BCUT2D eigenvalue weighted by Gasteiger charge is 2.34. The molecule has 0 bridgehead atoms. The smallest absolute Gasteiger partial charge is 0.311 e. The lowest BCUT2D eigenvalue weighted by molar-refractivity contribution is -0.158. The van der Waals surface area contributed by atoms with Crippen LogP contribution >= 0.6 is 0 Å². The molecule has 0 aromatic carbocycles. The van der Waals surface area contributed by atoms with Crippen molar-refractivity contribution in [1.82, 2.24) is 0 Å². The summed E-state index contributed by atoms with van der Waals surface area (Å²) in [6.07, 6.45) is 0.950. The zero-order valence-corrected chi connectivity index (χ0v) is 7.87. The molecular weight excluding hydrogens is 156 g/mol. The highest BCUT2D eigenvalue weighted by Crippen LogP contribution is 2.27. The van der Waals surface area contributed by atoms with Gasteiger partial charge in [0.05, 0.1) is 19.1 Å². The fourth-order valence-electron chi connectivity index (χ4n) is 1.75. The molecule has 0 amide bonds. The minimum absolute atomic E-state index is 0.00111. The summed E-state index contributed by atoms with van der Waals surface area (Å²) in [5, 5.41) is 0. The van der Waals surface area contributed by atoms with Crippen molar-refractivity contribution in [2.45, 2.75) is 26.4 Å². The maximum Gasteiger partial charge on any atom is 0.311 e. The van der Waals surface area contributed by atoms with Crippen LogP contribution in [0.1, 0.15) is 20.3 Å². The fourth-order valence-corrected chi connectivity index (χ4v) is 1.75. The Hall–Kier alpha value is -0.570. The monoisotopic (exact) mass is 172 g/mol. The second kappa shape index (κ2) is 3.90. The Morgan fingerprint density at radius 1 is 1.50 bits per heavy atom. The van der Waals surface area contributed by atoms with Crippen LogP contribution < -0.4 is 0 Å². The summed E-state index contributed by atoms with van der Waals surface area (Å²) in [7, 11) is 1.43. The van der Waals surface area contributed by atoms with E-state index in [1.165, 1.54) is 7.11 Å². The Kier molecular flexibility index (Phi) is 3.09. The van der Waals surface area contributed by atoms with E-state index in [4.69, 9.17) is 9.47 Å². The minimum atomic E-state index is -0.144. The second-order valence-corrected chi connectivity index (χ2v) is 3.39. The maximum atomic E-state index is 11.3. The molecule has 12 heavy (non-hydrogen) atoms. The number of rotatable bonds is 1. The van der Waals surface area contributed by atoms with Crippen molar-refractivity contribution in [2.75, 3.05) is 13.7 Å². The van der Waals surface area contributed by atoms with Gasteiger partial charge in [-0.05, 0) is 19.3 Å². The lowest BCUT2D eigenvalue weighted by Gasteiger charge is -2.32. The molecule has 1 fully saturated rings. The van der Waals surface area contributed by atoms with Crippen molar-refractivity contribution in [3.8, 4) is 0 Å². The molecule has 1 aliphatic rings. The molecule has 3 atom stereocenters. The van der Waals surface area contributed by atoms with Crippen LogP contribution in [-0.2, 0) is 14.3 Å². The van der Waals surface area contributed by atoms with Crippen molar-refractivity contribution in [1.29, 1.82) is 0 Å². The van der Waals surface area contributed by atoms with Gasteiger partial charge in [0, 0.05) is 6.61 Å². The van der Waals surface area contributed by atoms with Crippen LogP contribution in [0, 0.1) is 11.8 Å². The number of carbonyl (C=O) groups excluding carboxylic acids is 1. The van der Waals surface area contributed by atoms with Crippen molar-refractivity contribution in [2.24, 2.45) is 11.8 Å². The Balaban J connectivity index is 2.62. The third-order valence-corrected chi connectivity index (χ3v) is 2.55.